The van der Waals surface area contributed by atoms with Crippen LogP contribution in [0.25, 0.3) is 0 Å². The van der Waals surface area contributed by atoms with Crippen molar-refractivity contribution in [3.8, 4) is 11.5 Å². The molecule has 23 heavy (non-hydrogen) atoms. The summed E-state index contributed by atoms with van der Waals surface area (Å²) in [7, 11) is 0. The van der Waals surface area contributed by atoms with Crippen molar-refractivity contribution in [3.05, 3.63) is 58.6 Å². The lowest BCUT2D eigenvalue weighted by Crippen LogP contribution is -2.19. The Labute approximate surface area is 139 Å². The number of carbonyl (C=O) groups excluding carboxylic acids is 1. The van der Waals surface area contributed by atoms with Crippen LogP contribution in [0.5, 0.6) is 11.5 Å². The van der Waals surface area contributed by atoms with Crippen molar-refractivity contribution in [2.75, 3.05) is 6.61 Å². The van der Waals surface area contributed by atoms with Crippen molar-refractivity contribution in [2.24, 2.45) is 5.10 Å². The fourth-order valence-corrected chi connectivity index (χ4v) is 2.01. The van der Waals surface area contributed by atoms with E-state index < -0.39 is 0 Å². The van der Waals surface area contributed by atoms with Crippen molar-refractivity contribution < 1.29 is 14.6 Å². The minimum atomic E-state index is -0.229. The summed E-state index contributed by atoms with van der Waals surface area (Å²) in [6, 6.07) is 11.9. The standard InChI is InChI=1S/C17H17ClN2O3/c1-2-23-16-9-13(5-8-15(16)21)11-19-20-17(22)10-12-3-6-14(18)7-4-12/h3-9,11,21H,2,10H2,1H3,(H,20,22)/b19-11-. The molecule has 0 heterocycles. The maximum absolute atomic E-state index is 11.8. The summed E-state index contributed by atoms with van der Waals surface area (Å²) in [5.74, 6) is 0.215. The summed E-state index contributed by atoms with van der Waals surface area (Å²) in [5.41, 5.74) is 4.01. The molecule has 0 aromatic heterocycles. The van der Waals surface area contributed by atoms with Crippen molar-refractivity contribution in [3.63, 3.8) is 0 Å². The third-order valence-electron chi connectivity index (χ3n) is 2.96. The van der Waals surface area contributed by atoms with Gasteiger partial charge in [-0.2, -0.15) is 5.10 Å². The summed E-state index contributed by atoms with van der Waals surface area (Å²) in [4.78, 5) is 11.8. The van der Waals surface area contributed by atoms with Gasteiger partial charge in [0.1, 0.15) is 0 Å². The SMILES string of the molecule is CCOc1cc(/C=N\NC(=O)Cc2ccc(Cl)cc2)ccc1O. The van der Waals surface area contributed by atoms with E-state index in [1.807, 2.05) is 6.92 Å². The molecule has 0 fully saturated rings. The van der Waals surface area contributed by atoms with Gasteiger partial charge in [0.15, 0.2) is 11.5 Å². The molecule has 5 nitrogen and oxygen atoms in total. The van der Waals surface area contributed by atoms with E-state index in [1.54, 1.807) is 36.4 Å². The Morgan fingerprint density at radius 1 is 1.30 bits per heavy atom. The van der Waals surface area contributed by atoms with Crippen molar-refractivity contribution >= 4 is 23.7 Å². The number of amides is 1. The van der Waals surface area contributed by atoms with Crippen LogP contribution in [0.15, 0.2) is 47.6 Å². The zero-order chi connectivity index (χ0) is 16.7. The number of rotatable bonds is 6. The first-order chi connectivity index (χ1) is 11.1. The zero-order valence-electron chi connectivity index (χ0n) is 12.6. The molecule has 6 heteroatoms. The second-order valence-electron chi connectivity index (χ2n) is 4.76. The van der Waals surface area contributed by atoms with Crippen LogP contribution in [-0.2, 0) is 11.2 Å². The zero-order valence-corrected chi connectivity index (χ0v) is 13.4. The van der Waals surface area contributed by atoms with E-state index in [4.69, 9.17) is 16.3 Å². The topological polar surface area (TPSA) is 70.9 Å². The summed E-state index contributed by atoms with van der Waals surface area (Å²) < 4.78 is 5.28. The molecule has 0 aliphatic rings. The first kappa shape index (κ1) is 16.8. The van der Waals surface area contributed by atoms with Crippen LogP contribution in [0.1, 0.15) is 18.1 Å². The molecular formula is C17H17ClN2O3. The van der Waals surface area contributed by atoms with Gasteiger partial charge >= 0.3 is 0 Å². The number of ether oxygens (including phenoxy) is 1. The Bertz CT molecular complexity index is 699. The highest BCUT2D eigenvalue weighted by Gasteiger charge is 2.03. The number of phenolic OH excluding ortho intramolecular Hbond substituents is 1. The van der Waals surface area contributed by atoms with Gasteiger partial charge in [0, 0.05) is 5.02 Å². The van der Waals surface area contributed by atoms with E-state index in [0.717, 1.165) is 5.56 Å². The molecule has 2 aromatic rings. The van der Waals surface area contributed by atoms with Gasteiger partial charge in [-0.1, -0.05) is 23.7 Å². The van der Waals surface area contributed by atoms with E-state index >= 15 is 0 Å². The van der Waals surface area contributed by atoms with Gasteiger partial charge in [-0.25, -0.2) is 5.43 Å². The number of carbonyl (C=O) groups is 1. The predicted octanol–water partition coefficient (Wildman–Crippen LogP) is 3.14. The smallest absolute Gasteiger partial charge is 0.244 e. The lowest BCUT2D eigenvalue weighted by molar-refractivity contribution is -0.120. The van der Waals surface area contributed by atoms with Crippen molar-refractivity contribution in [1.82, 2.24) is 5.43 Å². The highest BCUT2D eigenvalue weighted by molar-refractivity contribution is 6.30. The van der Waals surface area contributed by atoms with Crippen LogP contribution in [0, 0.1) is 0 Å². The number of hydrazone groups is 1. The molecule has 0 bridgehead atoms. The number of hydrogen-bond acceptors (Lipinski definition) is 4. The first-order valence-corrected chi connectivity index (χ1v) is 7.48. The maximum atomic E-state index is 11.8. The van der Waals surface area contributed by atoms with E-state index in [2.05, 4.69) is 10.5 Å². The van der Waals surface area contributed by atoms with E-state index in [-0.39, 0.29) is 18.1 Å². The number of benzene rings is 2. The third kappa shape index (κ3) is 5.30. The van der Waals surface area contributed by atoms with Crippen molar-refractivity contribution in [1.29, 1.82) is 0 Å². The quantitative estimate of drug-likeness (QED) is 0.630. The minimum absolute atomic E-state index is 0.0655. The molecule has 0 spiro atoms. The largest absolute Gasteiger partial charge is 0.504 e. The maximum Gasteiger partial charge on any atom is 0.244 e. The van der Waals surface area contributed by atoms with E-state index in [9.17, 15) is 9.90 Å². The Balaban J connectivity index is 1.91. The minimum Gasteiger partial charge on any atom is -0.504 e. The molecule has 0 saturated carbocycles. The van der Waals surface area contributed by atoms with Crippen LogP contribution in [0.4, 0.5) is 0 Å². The van der Waals surface area contributed by atoms with Crippen LogP contribution in [-0.4, -0.2) is 23.8 Å². The second kappa shape index (κ2) is 8.19. The van der Waals surface area contributed by atoms with Gasteiger partial charge in [-0.3, -0.25) is 4.79 Å². The van der Waals surface area contributed by atoms with Crippen LogP contribution in [0.2, 0.25) is 5.02 Å². The molecule has 0 atom stereocenters. The van der Waals surface area contributed by atoms with Crippen LogP contribution in [0.3, 0.4) is 0 Å². The Morgan fingerprint density at radius 2 is 2.04 bits per heavy atom. The number of hydrogen-bond donors (Lipinski definition) is 2. The summed E-state index contributed by atoms with van der Waals surface area (Å²) >= 11 is 5.79. The molecular weight excluding hydrogens is 316 g/mol. The average Bonchev–Trinajstić information content (AvgIpc) is 2.53. The highest BCUT2D eigenvalue weighted by Crippen LogP contribution is 2.26. The fourth-order valence-electron chi connectivity index (χ4n) is 1.89. The second-order valence-corrected chi connectivity index (χ2v) is 5.19. The summed E-state index contributed by atoms with van der Waals surface area (Å²) in [6.45, 7) is 2.28. The van der Waals surface area contributed by atoms with Gasteiger partial charge in [0.2, 0.25) is 5.91 Å². The molecule has 2 aromatic carbocycles. The predicted molar refractivity (Wildman–Crippen MR) is 90.2 cm³/mol. The lowest BCUT2D eigenvalue weighted by atomic mass is 10.1. The summed E-state index contributed by atoms with van der Waals surface area (Å²) in [5, 5.41) is 14.1. The lowest BCUT2D eigenvalue weighted by Gasteiger charge is -2.06. The highest BCUT2D eigenvalue weighted by atomic mass is 35.5. The molecule has 0 aliphatic heterocycles. The molecule has 0 unspecified atom stereocenters. The Morgan fingerprint density at radius 3 is 2.74 bits per heavy atom. The molecule has 1 amide bonds. The van der Waals surface area contributed by atoms with E-state index in [1.165, 1.54) is 12.3 Å². The normalized spacial score (nSPS) is 10.7. The number of halogens is 1. The number of phenols is 1. The van der Waals surface area contributed by atoms with Crippen LogP contribution >= 0.6 is 11.6 Å². The average molecular weight is 333 g/mol. The van der Waals surface area contributed by atoms with Crippen LogP contribution < -0.4 is 10.2 Å². The number of nitrogens with zero attached hydrogens (tertiary/aromatic N) is 1. The molecule has 0 radical (unpaired) electrons. The molecule has 120 valence electrons. The molecule has 2 rings (SSSR count). The molecule has 0 aliphatic carbocycles. The third-order valence-corrected chi connectivity index (χ3v) is 3.22. The van der Waals surface area contributed by atoms with Gasteiger partial charge < -0.3 is 9.84 Å². The van der Waals surface area contributed by atoms with Gasteiger partial charge in [0.05, 0.1) is 19.2 Å². The monoisotopic (exact) mass is 332 g/mol. The first-order valence-electron chi connectivity index (χ1n) is 7.10. The van der Waals surface area contributed by atoms with Gasteiger partial charge in [-0.15, -0.1) is 0 Å². The Hall–Kier alpha value is -2.53. The summed E-state index contributed by atoms with van der Waals surface area (Å²) in [6.07, 6.45) is 1.70. The van der Waals surface area contributed by atoms with E-state index in [0.29, 0.717) is 22.9 Å². The van der Waals surface area contributed by atoms with Crippen molar-refractivity contribution in [2.45, 2.75) is 13.3 Å². The number of nitrogens with one attached hydrogen (secondary N) is 1. The number of aromatic hydroxyl groups is 1. The fraction of sp³-hybridized carbons (Fsp3) is 0.176. The van der Waals surface area contributed by atoms with Gasteiger partial charge in [-0.05, 0) is 48.4 Å². The van der Waals surface area contributed by atoms with Gasteiger partial charge in [0.25, 0.3) is 0 Å². The molecule has 2 N–H and O–H groups in total. The Kier molecular flexibility index (Phi) is 6.00. The molecule has 0 saturated heterocycles.